The number of aliphatic carboxylic acids is 1. The number of carbonyl (C=O) groups excluding carboxylic acids is 2. The third-order valence-corrected chi connectivity index (χ3v) is 4.52. The number of hydrogen-bond acceptors (Lipinski definition) is 3. The van der Waals surface area contributed by atoms with E-state index < -0.39 is 12.0 Å². The molecule has 28 heavy (non-hydrogen) atoms. The molecule has 0 aliphatic rings. The zero-order valence-corrected chi connectivity index (χ0v) is 17.5. The molecule has 0 aromatic heterocycles. The van der Waals surface area contributed by atoms with Crippen molar-refractivity contribution in [2.45, 2.75) is 103 Å². The van der Waals surface area contributed by atoms with Crippen LogP contribution in [0.15, 0.2) is 24.3 Å². The summed E-state index contributed by atoms with van der Waals surface area (Å²) in [5.41, 5.74) is 0. The smallest absolute Gasteiger partial charge is 0.326 e. The molecule has 0 rings (SSSR count). The maximum atomic E-state index is 11.8. The van der Waals surface area contributed by atoms with Crippen LogP contribution in [0.2, 0.25) is 0 Å². The van der Waals surface area contributed by atoms with Crippen LogP contribution in [0.4, 0.5) is 0 Å². The van der Waals surface area contributed by atoms with E-state index >= 15 is 0 Å². The Morgan fingerprint density at radius 1 is 0.929 bits per heavy atom. The van der Waals surface area contributed by atoms with Gasteiger partial charge in [-0.25, -0.2) is 4.79 Å². The number of allylic oxidation sites excluding steroid dienone is 4. The van der Waals surface area contributed by atoms with E-state index in [0.717, 1.165) is 44.9 Å². The minimum absolute atomic E-state index is 0.0148. The summed E-state index contributed by atoms with van der Waals surface area (Å²) in [5.74, 6) is -1.37. The Kier molecular flexibility index (Phi) is 18.5. The third-order valence-electron chi connectivity index (χ3n) is 4.52. The number of hydrogen-bond donors (Lipinski definition) is 2. The summed E-state index contributed by atoms with van der Waals surface area (Å²) in [4.78, 5) is 33.0. The summed E-state index contributed by atoms with van der Waals surface area (Å²) in [5, 5.41) is 11.5. The van der Waals surface area contributed by atoms with E-state index in [2.05, 4.69) is 36.5 Å². The van der Waals surface area contributed by atoms with Gasteiger partial charge in [-0.1, -0.05) is 63.3 Å². The second-order valence-electron chi connectivity index (χ2n) is 7.12. The molecule has 2 N–H and O–H groups in total. The lowest BCUT2D eigenvalue weighted by atomic mass is 10.1. The van der Waals surface area contributed by atoms with Crippen molar-refractivity contribution in [3.8, 4) is 0 Å². The molecule has 0 aliphatic heterocycles. The number of nitrogens with one attached hydrogen (secondary N) is 1. The first-order valence-corrected chi connectivity index (χ1v) is 10.8. The normalized spacial score (nSPS) is 12.5. The molecule has 1 radical (unpaired) electrons. The highest BCUT2D eigenvalue weighted by Gasteiger charge is 2.18. The molecule has 0 bridgehead atoms. The average Bonchev–Trinajstić information content (AvgIpc) is 2.67. The molecular weight excluding hydrogens is 354 g/mol. The molecule has 0 fully saturated rings. The summed E-state index contributed by atoms with van der Waals surface area (Å²) in [6.07, 6.45) is 23.4. The highest BCUT2D eigenvalue weighted by molar-refractivity contribution is 5.83. The molecule has 5 nitrogen and oxygen atoms in total. The Bertz CT molecular complexity index is 471. The number of amides is 1. The van der Waals surface area contributed by atoms with Crippen LogP contribution in [0.1, 0.15) is 96.8 Å². The molecule has 5 heteroatoms. The van der Waals surface area contributed by atoms with Crippen molar-refractivity contribution >= 4 is 18.2 Å². The van der Waals surface area contributed by atoms with Gasteiger partial charge >= 0.3 is 5.97 Å². The molecule has 1 amide bonds. The Morgan fingerprint density at radius 3 is 2.14 bits per heavy atom. The fourth-order valence-corrected chi connectivity index (χ4v) is 2.82. The lowest BCUT2D eigenvalue weighted by molar-refractivity contribution is -0.142. The van der Waals surface area contributed by atoms with Crippen molar-refractivity contribution in [1.82, 2.24) is 5.32 Å². The SMILES string of the molecule is CCCCC/C=C\C/C=C\CCCCCCCC(=O)N[C@@H](CC[C]=O)C(=O)O. The van der Waals surface area contributed by atoms with E-state index in [0.29, 0.717) is 6.42 Å². The van der Waals surface area contributed by atoms with Crippen LogP contribution in [-0.4, -0.2) is 29.3 Å². The van der Waals surface area contributed by atoms with Gasteiger partial charge < -0.3 is 10.4 Å². The Hall–Kier alpha value is -1.91. The molecule has 0 heterocycles. The van der Waals surface area contributed by atoms with E-state index in [-0.39, 0.29) is 18.7 Å². The van der Waals surface area contributed by atoms with E-state index in [1.54, 1.807) is 6.29 Å². The van der Waals surface area contributed by atoms with E-state index in [4.69, 9.17) is 5.11 Å². The van der Waals surface area contributed by atoms with Gasteiger partial charge in [0.1, 0.15) is 6.04 Å². The van der Waals surface area contributed by atoms with E-state index in [1.165, 1.54) is 25.7 Å². The van der Waals surface area contributed by atoms with Crippen LogP contribution in [0.25, 0.3) is 0 Å². The van der Waals surface area contributed by atoms with Gasteiger partial charge in [0.15, 0.2) is 6.29 Å². The van der Waals surface area contributed by atoms with Crippen LogP contribution in [-0.2, 0) is 14.4 Å². The second-order valence-corrected chi connectivity index (χ2v) is 7.12. The van der Waals surface area contributed by atoms with E-state index in [1.807, 2.05) is 0 Å². The maximum Gasteiger partial charge on any atom is 0.326 e. The van der Waals surface area contributed by atoms with Crippen LogP contribution in [0, 0.1) is 0 Å². The monoisotopic (exact) mass is 392 g/mol. The van der Waals surface area contributed by atoms with Gasteiger partial charge in [0, 0.05) is 12.8 Å². The van der Waals surface area contributed by atoms with Gasteiger partial charge in [-0.2, -0.15) is 0 Å². The van der Waals surface area contributed by atoms with Gasteiger partial charge in [0.05, 0.1) is 0 Å². The van der Waals surface area contributed by atoms with Gasteiger partial charge in [-0.15, -0.1) is 0 Å². The number of rotatable bonds is 19. The fourth-order valence-electron chi connectivity index (χ4n) is 2.82. The lowest BCUT2D eigenvalue weighted by Crippen LogP contribution is -2.40. The fraction of sp³-hybridized carbons (Fsp3) is 0.696. The largest absolute Gasteiger partial charge is 0.480 e. The summed E-state index contributed by atoms with van der Waals surface area (Å²) < 4.78 is 0. The van der Waals surface area contributed by atoms with Gasteiger partial charge in [0.25, 0.3) is 0 Å². The van der Waals surface area contributed by atoms with Crippen LogP contribution < -0.4 is 5.32 Å². The number of unbranched alkanes of at least 4 members (excludes halogenated alkanes) is 8. The standard InChI is InChI=1S/C23H38NO4/c1-2-3-4-5-6-7-8-9-10-11-12-13-14-15-16-19-22(26)24-21(23(27)28)18-17-20-25/h6-7,9-10,21H,2-5,8,11-19H2,1H3,(H,24,26)(H,27,28)/b7-6-,10-9-/t21-/m0/s1. The molecule has 0 saturated carbocycles. The van der Waals surface area contributed by atoms with E-state index in [9.17, 15) is 14.4 Å². The minimum atomic E-state index is -1.11. The summed E-state index contributed by atoms with van der Waals surface area (Å²) in [6, 6.07) is -0.994. The van der Waals surface area contributed by atoms with Crippen LogP contribution >= 0.6 is 0 Å². The minimum Gasteiger partial charge on any atom is -0.480 e. The molecule has 159 valence electrons. The topological polar surface area (TPSA) is 83.5 Å². The molecule has 0 spiro atoms. The molecule has 0 aromatic rings. The van der Waals surface area contributed by atoms with Crippen molar-refractivity contribution in [3.63, 3.8) is 0 Å². The van der Waals surface area contributed by atoms with Crippen molar-refractivity contribution < 1.29 is 19.5 Å². The predicted octanol–water partition coefficient (Wildman–Crippen LogP) is 5.26. The first kappa shape index (κ1) is 26.1. The van der Waals surface area contributed by atoms with Crippen molar-refractivity contribution in [2.24, 2.45) is 0 Å². The zero-order chi connectivity index (χ0) is 20.9. The lowest BCUT2D eigenvalue weighted by Gasteiger charge is -2.12. The summed E-state index contributed by atoms with van der Waals surface area (Å²) >= 11 is 0. The molecule has 1 atom stereocenters. The quantitative estimate of drug-likeness (QED) is 0.232. The number of carboxylic acid groups (broad SMARTS) is 1. The van der Waals surface area contributed by atoms with Gasteiger partial charge in [-0.3, -0.25) is 9.59 Å². The molecular formula is C23H38NO4. The molecule has 0 saturated heterocycles. The highest BCUT2D eigenvalue weighted by atomic mass is 16.4. The summed E-state index contributed by atoms with van der Waals surface area (Å²) in [7, 11) is 0. The molecule has 0 unspecified atom stereocenters. The number of carbonyl (C=O) groups is 2. The van der Waals surface area contributed by atoms with Gasteiger partial charge in [-0.05, 0) is 44.9 Å². The average molecular weight is 393 g/mol. The van der Waals surface area contributed by atoms with Crippen LogP contribution in [0.5, 0.6) is 0 Å². The van der Waals surface area contributed by atoms with Crippen molar-refractivity contribution in [3.05, 3.63) is 24.3 Å². The van der Waals surface area contributed by atoms with Crippen molar-refractivity contribution in [1.29, 1.82) is 0 Å². The first-order chi connectivity index (χ1) is 13.6. The first-order valence-electron chi connectivity index (χ1n) is 10.8. The third kappa shape index (κ3) is 17.5. The Morgan fingerprint density at radius 2 is 1.54 bits per heavy atom. The van der Waals surface area contributed by atoms with Crippen LogP contribution in [0.3, 0.4) is 0 Å². The zero-order valence-electron chi connectivity index (χ0n) is 17.5. The highest BCUT2D eigenvalue weighted by Crippen LogP contribution is 2.08. The molecule has 0 aromatic carbocycles. The Labute approximate surface area is 170 Å². The predicted molar refractivity (Wildman–Crippen MR) is 114 cm³/mol. The molecule has 0 aliphatic carbocycles. The number of carboxylic acids is 1. The Balaban J connectivity index is 3.55. The second kappa shape index (κ2) is 19.8. The maximum absolute atomic E-state index is 11.8. The summed E-state index contributed by atoms with van der Waals surface area (Å²) in [6.45, 7) is 2.22. The van der Waals surface area contributed by atoms with Gasteiger partial charge in [0.2, 0.25) is 5.91 Å². The van der Waals surface area contributed by atoms with Crippen molar-refractivity contribution in [2.75, 3.05) is 0 Å².